The number of halogens is 1. The first-order chi connectivity index (χ1) is 12.3. The molecule has 4 rings (SSSR count). The summed E-state index contributed by atoms with van der Waals surface area (Å²) in [5.74, 6) is 1.76. The van der Waals surface area contributed by atoms with Crippen molar-refractivity contribution in [1.82, 2.24) is 9.97 Å². The molecule has 0 bridgehead atoms. The summed E-state index contributed by atoms with van der Waals surface area (Å²) in [6.45, 7) is 1.39. The summed E-state index contributed by atoms with van der Waals surface area (Å²) < 4.78 is 8.90. The molecule has 5 heteroatoms. The van der Waals surface area contributed by atoms with Crippen LogP contribution in [0.2, 0.25) is 0 Å². The maximum atomic E-state index is 5.76. The summed E-state index contributed by atoms with van der Waals surface area (Å²) in [6, 6.07) is 20.0. The standard InChI is InChI=1S/C20H16BrN3O/c21-16-6-4-5-15(13-16)20-22-18-9-10-24(14-19(18)23-20)11-12-25-17-7-2-1-3-8-17/h1-10,13-14H,11-12H2/p+1. The number of hydrogen-bond acceptors (Lipinski definition) is 2. The number of ether oxygens (including phenoxy) is 1. The highest BCUT2D eigenvalue weighted by atomic mass is 79.9. The maximum Gasteiger partial charge on any atom is 0.194 e. The molecule has 2 aromatic carbocycles. The van der Waals surface area contributed by atoms with Crippen LogP contribution in [0.1, 0.15) is 0 Å². The Balaban J connectivity index is 1.50. The third-order valence-electron chi connectivity index (χ3n) is 3.94. The largest absolute Gasteiger partial charge is 0.487 e. The number of benzene rings is 2. The minimum atomic E-state index is 0.618. The minimum absolute atomic E-state index is 0.618. The number of nitrogens with one attached hydrogen (secondary N) is 1. The van der Waals surface area contributed by atoms with Gasteiger partial charge in [-0.25, -0.2) is 4.98 Å². The van der Waals surface area contributed by atoms with Gasteiger partial charge in [-0.3, -0.25) is 0 Å². The molecule has 0 radical (unpaired) electrons. The van der Waals surface area contributed by atoms with E-state index in [4.69, 9.17) is 4.74 Å². The van der Waals surface area contributed by atoms with E-state index in [9.17, 15) is 0 Å². The number of fused-ring (bicyclic) bond motifs is 1. The molecule has 0 saturated carbocycles. The predicted molar refractivity (Wildman–Crippen MR) is 101 cm³/mol. The van der Waals surface area contributed by atoms with Crippen LogP contribution in [0.3, 0.4) is 0 Å². The van der Waals surface area contributed by atoms with E-state index in [0.717, 1.165) is 39.2 Å². The van der Waals surface area contributed by atoms with Crippen LogP contribution in [0.25, 0.3) is 22.4 Å². The fourth-order valence-electron chi connectivity index (χ4n) is 2.70. The van der Waals surface area contributed by atoms with Gasteiger partial charge in [0.25, 0.3) is 0 Å². The van der Waals surface area contributed by atoms with Gasteiger partial charge in [0.05, 0.1) is 0 Å². The number of pyridine rings is 1. The van der Waals surface area contributed by atoms with Crippen LogP contribution >= 0.6 is 15.9 Å². The number of imidazole rings is 1. The molecule has 124 valence electrons. The van der Waals surface area contributed by atoms with Gasteiger partial charge in [-0.15, -0.1) is 0 Å². The van der Waals surface area contributed by atoms with Gasteiger partial charge in [-0.05, 0) is 24.3 Å². The predicted octanol–water partition coefficient (Wildman–Crippen LogP) is 4.36. The lowest BCUT2D eigenvalue weighted by molar-refractivity contribution is -0.696. The molecule has 0 spiro atoms. The molecule has 0 aliphatic rings. The summed E-state index contributed by atoms with van der Waals surface area (Å²) >= 11 is 3.50. The third kappa shape index (κ3) is 3.72. The van der Waals surface area contributed by atoms with Crippen LogP contribution in [-0.4, -0.2) is 16.6 Å². The summed E-state index contributed by atoms with van der Waals surface area (Å²) in [5, 5.41) is 0. The van der Waals surface area contributed by atoms with Crippen molar-refractivity contribution in [3.63, 3.8) is 0 Å². The van der Waals surface area contributed by atoms with E-state index in [0.29, 0.717) is 6.61 Å². The second-order valence-electron chi connectivity index (χ2n) is 5.74. The zero-order valence-electron chi connectivity index (χ0n) is 13.5. The van der Waals surface area contributed by atoms with Crippen molar-refractivity contribution >= 4 is 27.0 Å². The van der Waals surface area contributed by atoms with Gasteiger partial charge in [-0.2, -0.15) is 4.57 Å². The molecule has 1 N–H and O–H groups in total. The first-order valence-corrected chi connectivity index (χ1v) is 8.90. The molecular formula is C20H17BrN3O+. The number of rotatable bonds is 5. The zero-order valence-corrected chi connectivity index (χ0v) is 15.1. The van der Waals surface area contributed by atoms with E-state index in [1.165, 1.54) is 0 Å². The fraction of sp³-hybridized carbons (Fsp3) is 0.100. The number of hydrogen-bond donors (Lipinski definition) is 1. The quantitative estimate of drug-likeness (QED) is 0.511. The van der Waals surface area contributed by atoms with Crippen LogP contribution in [0.4, 0.5) is 0 Å². The number of nitrogens with zero attached hydrogens (tertiary/aromatic N) is 2. The highest BCUT2D eigenvalue weighted by Crippen LogP contribution is 2.22. The van der Waals surface area contributed by atoms with Crippen molar-refractivity contribution < 1.29 is 9.30 Å². The third-order valence-corrected chi connectivity index (χ3v) is 4.43. The van der Waals surface area contributed by atoms with E-state index in [1.807, 2.05) is 60.8 Å². The summed E-state index contributed by atoms with van der Waals surface area (Å²) in [6.07, 6.45) is 4.10. The van der Waals surface area contributed by atoms with E-state index in [1.54, 1.807) is 0 Å². The molecule has 2 heterocycles. The Labute approximate surface area is 154 Å². The number of para-hydroxylation sites is 1. The topological polar surface area (TPSA) is 41.8 Å². The highest BCUT2D eigenvalue weighted by molar-refractivity contribution is 9.10. The molecule has 25 heavy (non-hydrogen) atoms. The summed E-state index contributed by atoms with van der Waals surface area (Å²) in [7, 11) is 0. The van der Waals surface area contributed by atoms with E-state index in [2.05, 4.69) is 42.7 Å². The Morgan fingerprint density at radius 1 is 1.04 bits per heavy atom. The second kappa shape index (κ2) is 7.07. The fourth-order valence-corrected chi connectivity index (χ4v) is 3.10. The van der Waals surface area contributed by atoms with Crippen molar-refractivity contribution in [2.45, 2.75) is 6.54 Å². The molecular weight excluding hydrogens is 378 g/mol. The van der Waals surface area contributed by atoms with E-state index in [-0.39, 0.29) is 0 Å². The molecule has 4 aromatic rings. The van der Waals surface area contributed by atoms with Crippen LogP contribution in [-0.2, 0) is 6.54 Å². The maximum absolute atomic E-state index is 5.76. The van der Waals surface area contributed by atoms with Crippen LogP contribution in [0.5, 0.6) is 5.75 Å². The first-order valence-electron chi connectivity index (χ1n) is 8.10. The first kappa shape index (κ1) is 15.8. The van der Waals surface area contributed by atoms with E-state index < -0.39 is 0 Å². The monoisotopic (exact) mass is 394 g/mol. The number of aromatic amines is 1. The smallest absolute Gasteiger partial charge is 0.194 e. The summed E-state index contributed by atoms with van der Waals surface area (Å²) in [5.41, 5.74) is 3.02. The molecule has 2 aromatic heterocycles. The van der Waals surface area contributed by atoms with Gasteiger partial charge in [0, 0.05) is 16.1 Å². The van der Waals surface area contributed by atoms with E-state index >= 15 is 0 Å². The lowest BCUT2D eigenvalue weighted by atomic mass is 10.2. The van der Waals surface area contributed by atoms with Crippen molar-refractivity contribution in [2.24, 2.45) is 0 Å². The normalized spacial score (nSPS) is 10.9. The van der Waals surface area contributed by atoms with Gasteiger partial charge in [0.2, 0.25) is 0 Å². The Kier molecular flexibility index (Phi) is 4.48. The molecule has 0 aliphatic heterocycles. The molecule has 0 aliphatic carbocycles. The molecule has 0 amide bonds. The highest BCUT2D eigenvalue weighted by Gasteiger charge is 2.10. The average molecular weight is 395 g/mol. The van der Waals surface area contributed by atoms with Crippen molar-refractivity contribution in [3.8, 4) is 17.1 Å². The SMILES string of the molecule is Brc1cccc(-c2nc3cc[n+](CCOc4ccccc4)cc3[nH]2)c1. The molecule has 4 nitrogen and oxygen atoms in total. The molecule has 0 saturated heterocycles. The van der Waals surface area contributed by atoms with Crippen molar-refractivity contribution in [2.75, 3.05) is 6.61 Å². The van der Waals surface area contributed by atoms with Crippen molar-refractivity contribution in [1.29, 1.82) is 0 Å². The average Bonchev–Trinajstić information content (AvgIpc) is 3.06. The number of aromatic nitrogens is 3. The van der Waals surface area contributed by atoms with Crippen molar-refractivity contribution in [3.05, 3.63) is 77.5 Å². The second-order valence-corrected chi connectivity index (χ2v) is 6.65. The molecule has 0 fully saturated rings. The summed E-state index contributed by atoms with van der Waals surface area (Å²) in [4.78, 5) is 8.07. The van der Waals surface area contributed by atoms with Gasteiger partial charge in [-0.1, -0.05) is 46.3 Å². The Bertz CT molecular complexity index is 998. The lowest BCUT2D eigenvalue weighted by Crippen LogP contribution is -2.35. The Morgan fingerprint density at radius 2 is 1.92 bits per heavy atom. The van der Waals surface area contributed by atoms with Gasteiger partial charge < -0.3 is 9.72 Å². The van der Waals surface area contributed by atoms with Gasteiger partial charge in [0.15, 0.2) is 18.9 Å². The Hall–Kier alpha value is -2.66. The Morgan fingerprint density at radius 3 is 2.76 bits per heavy atom. The minimum Gasteiger partial charge on any atom is -0.487 e. The molecule has 0 unspecified atom stereocenters. The van der Waals surface area contributed by atoms with Crippen LogP contribution < -0.4 is 9.30 Å². The van der Waals surface area contributed by atoms with Gasteiger partial charge >= 0.3 is 0 Å². The van der Waals surface area contributed by atoms with Gasteiger partial charge in [0.1, 0.15) is 29.2 Å². The van der Waals surface area contributed by atoms with Crippen LogP contribution in [0.15, 0.2) is 77.5 Å². The van der Waals surface area contributed by atoms with Crippen LogP contribution in [0, 0.1) is 0 Å². The molecule has 0 atom stereocenters. The lowest BCUT2D eigenvalue weighted by Gasteiger charge is -2.03. The number of H-pyrrole nitrogens is 1. The zero-order chi connectivity index (χ0) is 17.1.